The Morgan fingerprint density at radius 1 is 0.962 bits per heavy atom. The minimum atomic E-state index is -4.39. The van der Waals surface area contributed by atoms with Crippen LogP contribution >= 0.6 is 22.9 Å². The number of carboxylic acids is 2. The number of piperidine rings is 1. The van der Waals surface area contributed by atoms with E-state index in [-0.39, 0.29) is 31.9 Å². The van der Waals surface area contributed by atoms with Crippen molar-refractivity contribution in [1.29, 1.82) is 0 Å². The molecular formula is C34H42ClN5O10S2. The minimum absolute atomic E-state index is 0.0119. The van der Waals surface area contributed by atoms with E-state index in [1.54, 1.807) is 30.0 Å². The fourth-order valence-corrected chi connectivity index (χ4v) is 9.26. The summed E-state index contributed by atoms with van der Waals surface area (Å²) in [6.45, 7) is 8.16. The van der Waals surface area contributed by atoms with Gasteiger partial charge >= 0.3 is 6.09 Å². The minimum Gasteiger partial charge on any atom is -0.481 e. The van der Waals surface area contributed by atoms with Crippen molar-refractivity contribution >= 4 is 62.6 Å². The highest BCUT2D eigenvalue weighted by Gasteiger charge is 2.61. The number of aliphatic carboxylic acids is 2. The third-order valence-corrected chi connectivity index (χ3v) is 12.0. The zero-order valence-electron chi connectivity index (χ0n) is 29.4. The SMILES string of the molecule is CC(=O)O.CC(=O)O.COc1ncccc1C1(OC(=O)N2CCN(C3CCN(C)CC3)CC2)C(=O)N(S(=O)(=O)c2ccc(C)s2)c2ccc(Cl)cc21. The van der Waals surface area contributed by atoms with Crippen molar-refractivity contribution in [2.45, 2.75) is 49.5 Å². The van der Waals surface area contributed by atoms with E-state index in [1.807, 2.05) is 0 Å². The Hall–Kier alpha value is -4.29. The molecule has 15 nitrogen and oxygen atoms in total. The van der Waals surface area contributed by atoms with Crippen LogP contribution in [-0.4, -0.2) is 122 Å². The molecule has 1 unspecified atom stereocenters. The van der Waals surface area contributed by atoms with Crippen LogP contribution < -0.4 is 9.04 Å². The van der Waals surface area contributed by atoms with Crippen molar-refractivity contribution in [3.8, 4) is 5.88 Å². The number of pyridine rings is 1. The lowest BCUT2D eigenvalue weighted by Crippen LogP contribution is -2.55. The first-order chi connectivity index (χ1) is 24.5. The molecule has 6 rings (SSSR count). The summed E-state index contributed by atoms with van der Waals surface area (Å²) in [5.74, 6) is -2.64. The van der Waals surface area contributed by atoms with E-state index in [9.17, 15) is 18.0 Å². The van der Waals surface area contributed by atoms with E-state index in [0.29, 0.717) is 36.5 Å². The number of halogens is 1. The number of carbonyl (C=O) groups is 4. The van der Waals surface area contributed by atoms with Crippen LogP contribution in [0.4, 0.5) is 10.5 Å². The molecule has 0 radical (unpaired) electrons. The fourth-order valence-electron chi connectivity index (χ4n) is 6.27. The number of ether oxygens (including phenoxy) is 2. The molecule has 0 saturated carbocycles. The Bertz CT molecular complexity index is 1870. The Morgan fingerprint density at radius 3 is 2.13 bits per heavy atom. The largest absolute Gasteiger partial charge is 0.481 e. The molecule has 3 aliphatic heterocycles. The van der Waals surface area contributed by atoms with Crippen LogP contribution in [0.25, 0.3) is 0 Å². The van der Waals surface area contributed by atoms with Gasteiger partial charge < -0.3 is 29.5 Å². The highest BCUT2D eigenvalue weighted by molar-refractivity contribution is 7.95. The van der Waals surface area contributed by atoms with Crippen LogP contribution in [0.2, 0.25) is 5.02 Å². The second-order valence-corrected chi connectivity index (χ2v) is 16.0. The van der Waals surface area contributed by atoms with Gasteiger partial charge in [0.1, 0.15) is 4.21 Å². The van der Waals surface area contributed by atoms with Crippen LogP contribution in [0.5, 0.6) is 5.88 Å². The number of carbonyl (C=O) groups excluding carboxylic acids is 2. The highest BCUT2D eigenvalue weighted by atomic mass is 35.5. The number of hydrogen-bond acceptors (Lipinski definition) is 12. The van der Waals surface area contributed by atoms with Gasteiger partial charge in [0.05, 0.1) is 18.4 Å². The van der Waals surface area contributed by atoms with Gasteiger partial charge in [-0.3, -0.25) is 19.3 Å². The Kier molecular flexibility index (Phi) is 13.3. The number of methoxy groups -OCH3 is 1. The molecule has 2 fully saturated rings. The first-order valence-corrected chi connectivity index (χ1v) is 18.9. The van der Waals surface area contributed by atoms with Crippen molar-refractivity contribution in [2.24, 2.45) is 0 Å². The summed E-state index contributed by atoms with van der Waals surface area (Å²) in [4.78, 5) is 58.0. The van der Waals surface area contributed by atoms with Gasteiger partial charge in [0.2, 0.25) is 5.88 Å². The molecule has 1 aromatic carbocycles. The number of likely N-dealkylation sites (tertiary alicyclic amines) is 1. The predicted molar refractivity (Wildman–Crippen MR) is 194 cm³/mol. The second kappa shape index (κ2) is 17.0. The topological polar surface area (TPSA) is 187 Å². The number of aryl methyl sites for hydroxylation is 1. The van der Waals surface area contributed by atoms with E-state index in [1.165, 1.54) is 37.6 Å². The number of fused-ring (bicyclic) bond motifs is 1. The molecule has 0 spiro atoms. The monoisotopic (exact) mass is 779 g/mol. The first-order valence-electron chi connectivity index (χ1n) is 16.3. The maximum absolute atomic E-state index is 14.7. The van der Waals surface area contributed by atoms with Gasteiger partial charge in [0.15, 0.2) is 0 Å². The number of anilines is 1. The smallest absolute Gasteiger partial charge is 0.411 e. The zero-order valence-corrected chi connectivity index (χ0v) is 31.8. The molecule has 3 aromatic rings. The zero-order chi connectivity index (χ0) is 38.4. The van der Waals surface area contributed by atoms with Gasteiger partial charge in [-0.15, -0.1) is 11.3 Å². The van der Waals surface area contributed by atoms with E-state index in [0.717, 1.165) is 56.0 Å². The number of nitrogens with zero attached hydrogens (tertiary/aromatic N) is 5. The molecule has 1 atom stereocenters. The molecule has 2 aromatic heterocycles. The standard InChI is InChI=1S/C30H34ClN5O6S2.2C2H4O2/c1-20-6-9-26(43-20)44(39,40)36-25-8-7-21(31)19-24(25)30(28(36)37,23-5-4-12-32-27(23)41-3)42-29(38)35-17-15-34(16-18-35)22-10-13-33(2)14-11-22;2*1-2(3)4/h4-9,12,19,22H,10-11,13-18H2,1-3H3;2*1H3,(H,3,4). The molecule has 2 saturated heterocycles. The van der Waals surface area contributed by atoms with Gasteiger partial charge in [-0.2, -0.15) is 12.7 Å². The summed E-state index contributed by atoms with van der Waals surface area (Å²) in [5.41, 5.74) is -2.00. The third kappa shape index (κ3) is 8.83. The quantitative estimate of drug-likeness (QED) is 0.364. The van der Waals surface area contributed by atoms with Crippen molar-refractivity contribution < 1.29 is 47.3 Å². The maximum Gasteiger partial charge on any atom is 0.411 e. The molecule has 0 bridgehead atoms. The molecule has 0 aliphatic carbocycles. The normalized spacial score (nSPS) is 19.5. The number of piperazine rings is 1. The number of thiophene rings is 1. The van der Waals surface area contributed by atoms with E-state index in [2.05, 4.69) is 21.8 Å². The summed E-state index contributed by atoms with van der Waals surface area (Å²) in [6, 6.07) is 11.1. The fraction of sp³-hybridized carbons (Fsp3) is 0.441. The highest BCUT2D eigenvalue weighted by Crippen LogP contribution is 2.52. The Labute approximate surface area is 311 Å². The van der Waals surface area contributed by atoms with Crippen LogP contribution in [0.1, 0.15) is 42.7 Å². The van der Waals surface area contributed by atoms with Gasteiger partial charge in [0, 0.05) is 67.7 Å². The van der Waals surface area contributed by atoms with Crippen molar-refractivity contribution in [1.82, 2.24) is 19.7 Å². The van der Waals surface area contributed by atoms with Crippen molar-refractivity contribution in [3.63, 3.8) is 0 Å². The third-order valence-electron chi connectivity index (χ3n) is 8.61. The number of aromatic nitrogens is 1. The van der Waals surface area contributed by atoms with Crippen molar-refractivity contribution in [2.75, 3.05) is 57.7 Å². The lowest BCUT2D eigenvalue weighted by molar-refractivity contribution is -0.135. The summed E-state index contributed by atoms with van der Waals surface area (Å²) in [5, 5.41) is 15.1. The average molecular weight is 780 g/mol. The molecule has 2 N–H and O–H groups in total. The summed E-state index contributed by atoms with van der Waals surface area (Å²) in [7, 11) is -0.888. The Morgan fingerprint density at radius 2 is 1.58 bits per heavy atom. The lowest BCUT2D eigenvalue weighted by Gasteiger charge is -2.42. The first kappa shape index (κ1) is 40.5. The summed E-state index contributed by atoms with van der Waals surface area (Å²) in [6.07, 6.45) is 2.88. The summed E-state index contributed by atoms with van der Waals surface area (Å²) >= 11 is 7.49. The molecule has 2 amide bonds. The van der Waals surface area contributed by atoms with Gasteiger partial charge in [0.25, 0.3) is 33.5 Å². The molecule has 18 heteroatoms. The van der Waals surface area contributed by atoms with E-state index >= 15 is 0 Å². The molecule has 5 heterocycles. The number of amides is 2. The molecule has 282 valence electrons. The van der Waals surface area contributed by atoms with E-state index in [4.69, 9.17) is 40.9 Å². The van der Waals surface area contributed by atoms with Gasteiger partial charge in [-0.25, -0.2) is 9.78 Å². The van der Waals surface area contributed by atoms with Crippen LogP contribution in [0.3, 0.4) is 0 Å². The maximum atomic E-state index is 14.7. The number of hydrogen-bond donors (Lipinski definition) is 2. The second-order valence-electron chi connectivity index (χ2n) is 12.3. The average Bonchev–Trinajstić information content (AvgIpc) is 3.64. The van der Waals surface area contributed by atoms with Crippen LogP contribution in [0.15, 0.2) is 52.9 Å². The van der Waals surface area contributed by atoms with Crippen LogP contribution in [0, 0.1) is 6.92 Å². The number of carboxylic acid groups (broad SMARTS) is 2. The molecule has 52 heavy (non-hydrogen) atoms. The Balaban J connectivity index is 0.000000687. The number of rotatable bonds is 6. The number of benzene rings is 1. The van der Waals surface area contributed by atoms with Gasteiger partial charge in [-0.1, -0.05) is 11.6 Å². The van der Waals surface area contributed by atoms with Crippen molar-refractivity contribution in [3.05, 3.63) is 69.7 Å². The molecule has 3 aliphatic rings. The van der Waals surface area contributed by atoms with Crippen LogP contribution in [-0.2, 0) is 34.7 Å². The lowest BCUT2D eigenvalue weighted by atomic mass is 9.87. The number of sulfonamides is 1. The molecular weight excluding hydrogens is 738 g/mol. The van der Waals surface area contributed by atoms with E-state index < -0.39 is 39.6 Å². The predicted octanol–water partition coefficient (Wildman–Crippen LogP) is 4.12. The summed E-state index contributed by atoms with van der Waals surface area (Å²) < 4.78 is 40.6. The van der Waals surface area contributed by atoms with Gasteiger partial charge in [-0.05, 0) is 82.4 Å².